The van der Waals surface area contributed by atoms with Crippen LogP contribution in [0.5, 0.6) is 5.75 Å². The average Bonchev–Trinajstić information content (AvgIpc) is 2.70. The second kappa shape index (κ2) is 8.59. The number of nitrogens with zero attached hydrogens (tertiary/aromatic N) is 4. The molecule has 0 saturated heterocycles. The van der Waals surface area contributed by atoms with E-state index >= 15 is 0 Å². The van der Waals surface area contributed by atoms with Gasteiger partial charge in [-0.15, -0.1) is 0 Å². The summed E-state index contributed by atoms with van der Waals surface area (Å²) in [7, 11) is 0. The van der Waals surface area contributed by atoms with Crippen molar-refractivity contribution in [2.75, 3.05) is 31.2 Å². The zero-order valence-electron chi connectivity index (χ0n) is 15.5. The molecule has 0 amide bonds. The van der Waals surface area contributed by atoms with E-state index in [2.05, 4.69) is 19.9 Å². The minimum absolute atomic E-state index is 0.00850. The maximum atomic E-state index is 12.5. The smallest absolute Gasteiger partial charge is 0.262 e. The Labute approximate surface area is 156 Å². The molecule has 3 rings (SSSR count). The highest BCUT2D eigenvalue weighted by Gasteiger charge is 2.14. The highest BCUT2D eigenvalue weighted by atomic mass is 16.5. The molecule has 0 unspecified atom stereocenters. The van der Waals surface area contributed by atoms with Crippen LogP contribution in [0.4, 0.5) is 5.95 Å². The van der Waals surface area contributed by atoms with E-state index in [1.165, 1.54) is 6.20 Å². The number of hydrogen-bond donors (Lipinski definition) is 2. The summed E-state index contributed by atoms with van der Waals surface area (Å²) in [6, 6.07) is 7.44. The Morgan fingerprint density at radius 1 is 1.22 bits per heavy atom. The maximum Gasteiger partial charge on any atom is 0.262 e. The standard InChI is InChI=1S/C19H23N5O3/c1-3-11-27-15-8-6-5-7-13(15)16-21-17-14(18(26)22-16)12-20-19(23-17)24(4-2)9-10-25/h5-8,12,25H,3-4,9-11H2,1-2H3,(H,20,21,22,23,26). The van der Waals surface area contributed by atoms with Crippen LogP contribution in [0, 0.1) is 0 Å². The molecule has 8 heteroatoms. The molecule has 0 spiro atoms. The molecule has 1 aromatic carbocycles. The molecule has 2 aromatic heterocycles. The first-order valence-electron chi connectivity index (χ1n) is 9.03. The van der Waals surface area contributed by atoms with Crippen molar-refractivity contribution in [3.05, 3.63) is 40.8 Å². The van der Waals surface area contributed by atoms with Gasteiger partial charge < -0.3 is 19.7 Å². The lowest BCUT2D eigenvalue weighted by atomic mass is 10.2. The van der Waals surface area contributed by atoms with Gasteiger partial charge in [-0.1, -0.05) is 19.1 Å². The van der Waals surface area contributed by atoms with Gasteiger partial charge in [-0.2, -0.15) is 4.98 Å². The fourth-order valence-corrected chi connectivity index (χ4v) is 2.72. The number of ether oxygens (including phenoxy) is 1. The van der Waals surface area contributed by atoms with Gasteiger partial charge in [0.15, 0.2) is 5.65 Å². The maximum absolute atomic E-state index is 12.5. The Kier molecular flexibility index (Phi) is 5.97. The first kappa shape index (κ1) is 18.8. The van der Waals surface area contributed by atoms with Crippen LogP contribution in [0.2, 0.25) is 0 Å². The van der Waals surface area contributed by atoms with Crippen LogP contribution in [0.1, 0.15) is 20.3 Å². The van der Waals surface area contributed by atoms with Gasteiger partial charge in [0.1, 0.15) is 17.0 Å². The molecule has 0 fully saturated rings. The number of likely N-dealkylation sites (N-methyl/N-ethyl adjacent to an activating group) is 1. The molecule has 0 aliphatic heterocycles. The van der Waals surface area contributed by atoms with Crippen molar-refractivity contribution in [2.24, 2.45) is 0 Å². The molecule has 0 aliphatic carbocycles. The molecule has 142 valence electrons. The van der Waals surface area contributed by atoms with Crippen molar-refractivity contribution >= 4 is 17.0 Å². The molecule has 0 atom stereocenters. The molecule has 2 N–H and O–H groups in total. The molecule has 27 heavy (non-hydrogen) atoms. The van der Waals surface area contributed by atoms with Crippen LogP contribution in [0.15, 0.2) is 35.3 Å². The van der Waals surface area contributed by atoms with Crippen molar-refractivity contribution in [3.8, 4) is 17.1 Å². The number of benzene rings is 1. The van der Waals surface area contributed by atoms with E-state index < -0.39 is 0 Å². The van der Waals surface area contributed by atoms with E-state index in [4.69, 9.17) is 4.74 Å². The quantitative estimate of drug-likeness (QED) is 0.626. The van der Waals surface area contributed by atoms with E-state index in [0.29, 0.717) is 53.8 Å². The molecule has 0 aliphatic rings. The van der Waals surface area contributed by atoms with Crippen LogP contribution >= 0.6 is 0 Å². The molecule has 8 nitrogen and oxygen atoms in total. The van der Waals surface area contributed by atoms with Gasteiger partial charge in [-0.05, 0) is 25.5 Å². The summed E-state index contributed by atoms with van der Waals surface area (Å²) >= 11 is 0. The van der Waals surface area contributed by atoms with Crippen molar-refractivity contribution in [3.63, 3.8) is 0 Å². The molecule has 0 radical (unpaired) electrons. The summed E-state index contributed by atoms with van der Waals surface area (Å²) in [4.78, 5) is 30.3. The van der Waals surface area contributed by atoms with Gasteiger partial charge in [0.2, 0.25) is 5.95 Å². The number of fused-ring (bicyclic) bond motifs is 1. The lowest BCUT2D eigenvalue weighted by Crippen LogP contribution is -2.28. The third-order valence-corrected chi connectivity index (χ3v) is 4.09. The predicted molar refractivity (Wildman–Crippen MR) is 104 cm³/mol. The number of aromatic amines is 1. The fourth-order valence-electron chi connectivity index (χ4n) is 2.72. The summed E-state index contributed by atoms with van der Waals surface area (Å²) in [5.41, 5.74) is 0.699. The number of nitrogens with one attached hydrogen (secondary N) is 1. The summed E-state index contributed by atoms with van der Waals surface area (Å²) < 4.78 is 5.77. The Morgan fingerprint density at radius 2 is 2.04 bits per heavy atom. The number of aromatic nitrogens is 4. The molecular formula is C19H23N5O3. The van der Waals surface area contributed by atoms with E-state index in [9.17, 15) is 9.90 Å². The van der Waals surface area contributed by atoms with Crippen LogP contribution in [-0.2, 0) is 0 Å². The lowest BCUT2D eigenvalue weighted by molar-refractivity contribution is 0.302. The molecule has 0 bridgehead atoms. The Balaban J connectivity index is 2.09. The molecule has 0 saturated carbocycles. The zero-order valence-corrected chi connectivity index (χ0v) is 15.5. The highest BCUT2D eigenvalue weighted by Crippen LogP contribution is 2.27. The summed E-state index contributed by atoms with van der Waals surface area (Å²) in [6.07, 6.45) is 2.34. The normalized spacial score (nSPS) is 10.9. The van der Waals surface area contributed by atoms with Gasteiger partial charge in [0.25, 0.3) is 5.56 Å². The highest BCUT2D eigenvalue weighted by molar-refractivity contribution is 5.77. The second-order valence-electron chi connectivity index (χ2n) is 5.97. The number of anilines is 1. The van der Waals surface area contributed by atoms with Crippen LogP contribution in [-0.4, -0.2) is 51.3 Å². The van der Waals surface area contributed by atoms with Crippen molar-refractivity contribution < 1.29 is 9.84 Å². The number of aliphatic hydroxyl groups is 1. The first-order chi connectivity index (χ1) is 13.2. The van der Waals surface area contributed by atoms with E-state index in [1.54, 1.807) is 0 Å². The number of aliphatic hydroxyl groups excluding tert-OH is 1. The fraction of sp³-hybridized carbons (Fsp3) is 0.368. The summed E-state index contributed by atoms with van der Waals surface area (Å²) in [6.45, 7) is 5.59. The third kappa shape index (κ3) is 4.06. The summed E-state index contributed by atoms with van der Waals surface area (Å²) in [5.74, 6) is 1.49. The van der Waals surface area contributed by atoms with Gasteiger partial charge >= 0.3 is 0 Å². The van der Waals surface area contributed by atoms with Crippen molar-refractivity contribution in [1.82, 2.24) is 19.9 Å². The van der Waals surface area contributed by atoms with Crippen LogP contribution in [0.3, 0.4) is 0 Å². The first-order valence-corrected chi connectivity index (χ1v) is 9.03. The molecule has 3 aromatic rings. The number of hydrogen-bond acceptors (Lipinski definition) is 7. The minimum atomic E-state index is -0.308. The van der Waals surface area contributed by atoms with Crippen molar-refractivity contribution in [1.29, 1.82) is 0 Å². The van der Waals surface area contributed by atoms with E-state index in [-0.39, 0.29) is 12.2 Å². The number of para-hydroxylation sites is 1. The summed E-state index contributed by atoms with van der Waals surface area (Å²) in [5, 5.41) is 9.51. The predicted octanol–water partition coefficient (Wildman–Crippen LogP) is 1.99. The zero-order chi connectivity index (χ0) is 19.2. The van der Waals surface area contributed by atoms with E-state index in [1.807, 2.05) is 43.0 Å². The van der Waals surface area contributed by atoms with Gasteiger partial charge in [-0.3, -0.25) is 4.79 Å². The topological polar surface area (TPSA) is 104 Å². The molecular weight excluding hydrogens is 346 g/mol. The Bertz CT molecular complexity index is 973. The van der Waals surface area contributed by atoms with Crippen molar-refractivity contribution in [2.45, 2.75) is 20.3 Å². The monoisotopic (exact) mass is 369 g/mol. The van der Waals surface area contributed by atoms with Crippen LogP contribution < -0.4 is 15.2 Å². The Hall–Kier alpha value is -3.00. The van der Waals surface area contributed by atoms with Gasteiger partial charge in [0.05, 0.1) is 18.8 Å². The van der Waals surface area contributed by atoms with Gasteiger partial charge in [0, 0.05) is 19.3 Å². The largest absolute Gasteiger partial charge is 0.493 e. The number of H-pyrrole nitrogens is 1. The van der Waals surface area contributed by atoms with Gasteiger partial charge in [-0.25, -0.2) is 9.97 Å². The average molecular weight is 369 g/mol. The lowest BCUT2D eigenvalue weighted by Gasteiger charge is -2.19. The SMILES string of the molecule is CCCOc1ccccc1-c1nc2nc(N(CC)CCO)ncc2c(=O)[nH]1. The van der Waals surface area contributed by atoms with E-state index in [0.717, 1.165) is 6.42 Å². The minimum Gasteiger partial charge on any atom is -0.493 e. The van der Waals surface area contributed by atoms with Crippen LogP contribution in [0.25, 0.3) is 22.4 Å². The third-order valence-electron chi connectivity index (χ3n) is 4.09. The second-order valence-corrected chi connectivity index (χ2v) is 5.97. The Morgan fingerprint density at radius 3 is 2.78 bits per heavy atom. The molecule has 2 heterocycles. The number of rotatable bonds is 8.